The lowest BCUT2D eigenvalue weighted by Gasteiger charge is -2.29. The van der Waals surface area contributed by atoms with Crippen molar-refractivity contribution in [3.63, 3.8) is 0 Å². The molecular formula is C14H16Cl2N2. The van der Waals surface area contributed by atoms with Gasteiger partial charge in [-0.15, -0.1) is 0 Å². The highest BCUT2D eigenvalue weighted by Crippen LogP contribution is 2.30. The van der Waals surface area contributed by atoms with Gasteiger partial charge in [0.2, 0.25) is 0 Å². The molecule has 0 saturated carbocycles. The Bertz CT molecular complexity index is 471. The molecule has 1 aromatic carbocycles. The van der Waals surface area contributed by atoms with Crippen LogP contribution in [0.2, 0.25) is 10.0 Å². The van der Waals surface area contributed by atoms with Gasteiger partial charge in [-0.25, -0.2) is 0 Å². The topological polar surface area (TPSA) is 27.0 Å². The number of aryl methyl sites for hydroxylation is 1. The number of piperidine rings is 1. The van der Waals surface area contributed by atoms with E-state index in [-0.39, 0.29) is 5.92 Å². The van der Waals surface area contributed by atoms with Gasteiger partial charge in [-0.2, -0.15) is 5.26 Å². The Morgan fingerprint density at radius 1 is 1.28 bits per heavy atom. The highest BCUT2D eigenvalue weighted by molar-refractivity contribution is 6.42. The number of nitrogens with zero attached hydrogens (tertiary/aromatic N) is 2. The molecule has 0 N–H and O–H groups in total. The van der Waals surface area contributed by atoms with Crippen LogP contribution in [0.5, 0.6) is 0 Å². The van der Waals surface area contributed by atoms with E-state index in [1.54, 1.807) is 0 Å². The van der Waals surface area contributed by atoms with Crippen molar-refractivity contribution < 1.29 is 0 Å². The van der Waals surface area contributed by atoms with E-state index in [0.29, 0.717) is 10.0 Å². The molecule has 2 nitrogen and oxygen atoms in total. The monoisotopic (exact) mass is 282 g/mol. The van der Waals surface area contributed by atoms with Crippen LogP contribution in [-0.4, -0.2) is 18.0 Å². The second kappa shape index (κ2) is 5.93. The fraction of sp³-hybridized carbons (Fsp3) is 0.500. The Morgan fingerprint density at radius 3 is 2.56 bits per heavy atom. The van der Waals surface area contributed by atoms with Crippen molar-refractivity contribution in [3.05, 3.63) is 33.3 Å². The van der Waals surface area contributed by atoms with Crippen molar-refractivity contribution in [1.29, 1.82) is 5.26 Å². The van der Waals surface area contributed by atoms with Gasteiger partial charge in [-0.3, -0.25) is 4.90 Å². The molecule has 0 spiro atoms. The van der Waals surface area contributed by atoms with Crippen molar-refractivity contribution in [2.45, 2.75) is 26.3 Å². The molecule has 1 aromatic rings. The summed E-state index contributed by atoms with van der Waals surface area (Å²) in [5, 5.41) is 10.2. The zero-order chi connectivity index (χ0) is 13.1. The highest BCUT2D eigenvalue weighted by atomic mass is 35.5. The van der Waals surface area contributed by atoms with Crippen molar-refractivity contribution in [3.8, 4) is 6.07 Å². The smallest absolute Gasteiger partial charge is 0.0656 e. The molecular weight excluding hydrogens is 267 g/mol. The molecule has 1 aliphatic rings. The predicted molar refractivity (Wildman–Crippen MR) is 74.8 cm³/mol. The van der Waals surface area contributed by atoms with Gasteiger partial charge in [0.15, 0.2) is 0 Å². The first-order chi connectivity index (χ1) is 8.61. The van der Waals surface area contributed by atoms with Crippen molar-refractivity contribution in [1.82, 2.24) is 4.90 Å². The maximum Gasteiger partial charge on any atom is 0.0656 e. The van der Waals surface area contributed by atoms with Crippen molar-refractivity contribution in [2.24, 2.45) is 5.92 Å². The van der Waals surface area contributed by atoms with E-state index >= 15 is 0 Å². The first-order valence-corrected chi connectivity index (χ1v) is 6.93. The summed E-state index contributed by atoms with van der Waals surface area (Å²) in [6, 6.07) is 6.39. The van der Waals surface area contributed by atoms with Crippen molar-refractivity contribution in [2.75, 3.05) is 13.1 Å². The van der Waals surface area contributed by atoms with E-state index < -0.39 is 0 Å². The van der Waals surface area contributed by atoms with E-state index in [9.17, 15) is 0 Å². The molecule has 0 bridgehead atoms. The van der Waals surface area contributed by atoms with Crippen LogP contribution in [0.3, 0.4) is 0 Å². The quantitative estimate of drug-likeness (QED) is 0.819. The number of halogens is 2. The predicted octanol–water partition coefficient (Wildman–Crippen LogP) is 4.04. The molecule has 1 aliphatic heterocycles. The third-order valence-corrected chi connectivity index (χ3v) is 4.53. The number of nitriles is 1. The zero-order valence-corrected chi connectivity index (χ0v) is 11.9. The van der Waals surface area contributed by atoms with Gasteiger partial charge < -0.3 is 0 Å². The van der Waals surface area contributed by atoms with E-state index in [1.807, 2.05) is 19.1 Å². The van der Waals surface area contributed by atoms with Crippen LogP contribution in [0.25, 0.3) is 0 Å². The molecule has 1 saturated heterocycles. The SMILES string of the molecule is Cc1ccc(CN2CCC(C#N)CC2)c(Cl)c1Cl. The zero-order valence-electron chi connectivity index (χ0n) is 10.4. The molecule has 0 amide bonds. The average molecular weight is 283 g/mol. The Morgan fingerprint density at radius 2 is 1.94 bits per heavy atom. The second-order valence-corrected chi connectivity index (χ2v) is 5.60. The molecule has 0 aromatic heterocycles. The summed E-state index contributed by atoms with van der Waals surface area (Å²) in [4.78, 5) is 2.33. The number of likely N-dealkylation sites (tertiary alicyclic amines) is 1. The summed E-state index contributed by atoms with van der Waals surface area (Å²) in [6.45, 7) is 4.69. The van der Waals surface area contributed by atoms with Gasteiger partial charge in [0.05, 0.1) is 16.1 Å². The minimum Gasteiger partial charge on any atom is -0.299 e. The molecule has 1 heterocycles. The standard InChI is InChI=1S/C14H16Cl2N2/c1-10-2-3-12(14(16)13(10)15)9-18-6-4-11(8-17)5-7-18/h2-3,11H,4-7,9H2,1H3. The third-order valence-electron chi connectivity index (χ3n) is 3.52. The number of benzene rings is 1. The summed E-state index contributed by atoms with van der Waals surface area (Å²) in [5.41, 5.74) is 2.08. The Balaban J connectivity index is 2.03. The minimum atomic E-state index is 0.221. The van der Waals surface area contributed by atoms with Gasteiger partial charge in [0, 0.05) is 12.5 Å². The van der Waals surface area contributed by atoms with Crippen LogP contribution in [0.1, 0.15) is 24.0 Å². The van der Waals surface area contributed by atoms with Crippen LogP contribution in [0, 0.1) is 24.2 Å². The van der Waals surface area contributed by atoms with Crippen LogP contribution in [0.4, 0.5) is 0 Å². The second-order valence-electron chi connectivity index (χ2n) is 4.85. The van der Waals surface area contributed by atoms with Crippen molar-refractivity contribution >= 4 is 23.2 Å². The molecule has 0 unspecified atom stereocenters. The molecule has 4 heteroatoms. The van der Waals surface area contributed by atoms with Crippen LogP contribution in [-0.2, 0) is 6.54 Å². The van der Waals surface area contributed by atoms with Gasteiger partial charge in [0.25, 0.3) is 0 Å². The lowest BCUT2D eigenvalue weighted by molar-refractivity contribution is 0.198. The fourth-order valence-electron chi connectivity index (χ4n) is 2.27. The first kappa shape index (κ1) is 13.7. The summed E-state index contributed by atoms with van der Waals surface area (Å²) in [6.07, 6.45) is 1.90. The molecule has 1 fully saturated rings. The van der Waals surface area contributed by atoms with Gasteiger partial charge in [-0.1, -0.05) is 35.3 Å². The maximum atomic E-state index is 8.87. The molecule has 0 aliphatic carbocycles. The van der Waals surface area contributed by atoms with E-state index in [0.717, 1.165) is 43.6 Å². The van der Waals surface area contributed by atoms with Crippen LogP contribution < -0.4 is 0 Å². The van der Waals surface area contributed by atoms with Gasteiger partial charge >= 0.3 is 0 Å². The maximum absolute atomic E-state index is 8.87. The summed E-state index contributed by atoms with van der Waals surface area (Å²) in [5.74, 6) is 0.221. The molecule has 0 atom stereocenters. The van der Waals surface area contributed by atoms with Crippen LogP contribution >= 0.6 is 23.2 Å². The van der Waals surface area contributed by atoms with E-state index in [4.69, 9.17) is 28.5 Å². The molecule has 2 rings (SSSR count). The Labute approximate surface area is 118 Å². The Kier molecular flexibility index (Phi) is 4.50. The largest absolute Gasteiger partial charge is 0.299 e. The highest BCUT2D eigenvalue weighted by Gasteiger charge is 2.19. The number of hydrogen-bond acceptors (Lipinski definition) is 2. The summed E-state index contributed by atoms with van der Waals surface area (Å²) < 4.78 is 0. The summed E-state index contributed by atoms with van der Waals surface area (Å²) >= 11 is 12.4. The third kappa shape index (κ3) is 2.98. The van der Waals surface area contributed by atoms with E-state index in [1.165, 1.54) is 0 Å². The fourth-order valence-corrected chi connectivity index (χ4v) is 2.73. The summed E-state index contributed by atoms with van der Waals surface area (Å²) in [7, 11) is 0. The van der Waals surface area contributed by atoms with Gasteiger partial charge in [-0.05, 0) is 44.0 Å². The number of rotatable bonds is 2. The van der Waals surface area contributed by atoms with E-state index in [2.05, 4.69) is 11.0 Å². The average Bonchev–Trinajstić information content (AvgIpc) is 2.40. The lowest BCUT2D eigenvalue weighted by Crippen LogP contribution is -2.32. The lowest BCUT2D eigenvalue weighted by atomic mass is 9.98. The molecule has 96 valence electrons. The minimum absolute atomic E-state index is 0.221. The number of hydrogen-bond donors (Lipinski definition) is 0. The van der Waals surface area contributed by atoms with Gasteiger partial charge in [0.1, 0.15) is 0 Å². The van der Waals surface area contributed by atoms with Crippen LogP contribution in [0.15, 0.2) is 12.1 Å². The molecule has 18 heavy (non-hydrogen) atoms. The first-order valence-electron chi connectivity index (χ1n) is 6.17. The Hall–Kier alpha value is -0.750. The normalized spacial score (nSPS) is 17.7. The molecule has 0 radical (unpaired) electrons.